The molecule has 1 radical (unpaired) electrons. The van der Waals surface area contributed by atoms with Crippen molar-refractivity contribution in [2.45, 2.75) is 0 Å². The van der Waals surface area contributed by atoms with Gasteiger partial charge in [-0.25, -0.2) is 0 Å². The lowest BCUT2D eigenvalue weighted by Crippen LogP contribution is -1.85. The molecule has 2 heteroatoms. The summed E-state index contributed by atoms with van der Waals surface area (Å²) in [6, 6.07) is 0. The summed E-state index contributed by atoms with van der Waals surface area (Å²) in [4.78, 5) is 0. The number of rotatable bonds is 0. The largest absolute Gasteiger partial charge is 0.607 e. The fourth-order valence-corrected chi connectivity index (χ4v) is 0.916. The third-order valence-electron chi connectivity index (χ3n) is 0.700. The van der Waals surface area contributed by atoms with Crippen molar-refractivity contribution >= 4 is 11.2 Å². The average Bonchev–Trinajstić information content (AvgIpc) is 1.94. The molecule has 0 saturated carbocycles. The zero-order valence-corrected chi connectivity index (χ0v) is 5.02. The minimum atomic E-state index is -0.937. The molecule has 0 spiro atoms. The number of allylic oxidation sites excluding steroid dienone is 4. The predicted octanol–water partition coefficient (Wildman–Crippen LogP) is 1.14. The van der Waals surface area contributed by atoms with Gasteiger partial charge in [0.15, 0.2) is 0 Å². The molecule has 1 heterocycles. The molecule has 0 aliphatic carbocycles. The van der Waals surface area contributed by atoms with Crippen LogP contribution in [0.25, 0.3) is 0 Å². The summed E-state index contributed by atoms with van der Waals surface area (Å²) >= 11 is -0.937. The maximum atomic E-state index is 10.5. The van der Waals surface area contributed by atoms with Crippen LogP contribution in [0.15, 0.2) is 29.0 Å². The van der Waals surface area contributed by atoms with Crippen LogP contribution in [0.3, 0.4) is 0 Å². The molecular formula is C6H5OS. The summed E-state index contributed by atoms with van der Waals surface area (Å²) in [6.07, 6.45) is 7.99. The second-order valence-corrected chi connectivity index (χ2v) is 2.47. The van der Waals surface area contributed by atoms with E-state index in [0.29, 0.717) is 0 Å². The first-order chi connectivity index (χ1) is 3.89. The molecule has 1 aliphatic heterocycles. The first kappa shape index (κ1) is 5.66. The van der Waals surface area contributed by atoms with Crippen LogP contribution < -0.4 is 0 Å². The van der Waals surface area contributed by atoms with E-state index < -0.39 is 11.2 Å². The molecule has 0 aromatic rings. The fraction of sp³-hybridized carbons (Fsp3) is 0. The lowest BCUT2D eigenvalue weighted by atomic mass is 10.5. The minimum Gasteiger partial charge on any atom is -0.607 e. The SMILES string of the molecule is [O-][S+]1C=[C]C=CC=C1. The minimum absolute atomic E-state index is 0.937. The summed E-state index contributed by atoms with van der Waals surface area (Å²) in [7, 11) is 0. The van der Waals surface area contributed by atoms with Crippen molar-refractivity contribution < 1.29 is 4.55 Å². The molecule has 0 bridgehead atoms. The molecular weight excluding hydrogens is 120 g/mol. The smallest absolute Gasteiger partial charge is 0.130 e. The van der Waals surface area contributed by atoms with Crippen LogP contribution in [0, 0.1) is 6.08 Å². The third kappa shape index (κ3) is 1.56. The Kier molecular flexibility index (Phi) is 1.94. The molecule has 1 unspecified atom stereocenters. The predicted molar refractivity (Wildman–Crippen MR) is 34.2 cm³/mol. The molecule has 0 aromatic heterocycles. The van der Waals surface area contributed by atoms with Crippen molar-refractivity contribution in [1.29, 1.82) is 0 Å². The highest BCUT2D eigenvalue weighted by atomic mass is 32.2. The topological polar surface area (TPSA) is 23.1 Å². The van der Waals surface area contributed by atoms with E-state index >= 15 is 0 Å². The van der Waals surface area contributed by atoms with E-state index in [0.717, 1.165) is 0 Å². The van der Waals surface area contributed by atoms with E-state index in [9.17, 15) is 4.55 Å². The first-order valence-corrected chi connectivity index (χ1v) is 3.49. The van der Waals surface area contributed by atoms with Gasteiger partial charge in [-0.1, -0.05) is 6.08 Å². The van der Waals surface area contributed by atoms with Crippen molar-refractivity contribution in [3.05, 3.63) is 35.1 Å². The molecule has 1 rings (SSSR count). The molecule has 0 amide bonds. The summed E-state index contributed by atoms with van der Waals surface area (Å²) in [5.74, 6) is 0. The molecule has 1 atom stereocenters. The van der Waals surface area contributed by atoms with Gasteiger partial charge in [-0.05, 0) is 12.2 Å². The summed E-state index contributed by atoms with van der Waals surface area (Å²) in [5, 5.41) is 3.12. The second kappa shape index (κ2) is 2.74. The van der Waals surface area contributed by atoms with Gasteiger partial charge < -0.3 is 4.55 Å². The van der Waals surface area contributed by atoms with Gasteiger partial charge in [0.1, 0.15) is 10.8 Å². The van der Waals surface area contributed by atoms with Crippen LogP contribution in [0.1, 0.15) is 0 Å². The molecule has 1 nitrogen and oxygen atoms in total. The highest BCUT2D eigenvalue weighted by Gasteiger charge is 1.91. The fourth-order valence-electron chi connectivity index (χ4n) is 0.380. The van der Waals surface area contributed by atoms with E-state index in [4.69, 9.17) is 0 Å². The van der Waals surface area contributed by atoms with Crippen LogP contribution in [-0.4, -0.2) is 4.55 Å². The lowest BCUT2D eigenvalue weighted by molar-refractivity contribution is 0.611. The van der Waals surface area contributed by atoms with E-state index in [-0.39, 0.29) is 0 Å². The molecule has 0 fully saturated rings. The van der Waals surface area contributed by atoms with Crippen LogP contribution in [0.2, 0.25) is 0 Å². The van der Waals surface area contributed by atoms with E-state index in [1.54, 1.807) is 23.6 Å². The van der Waals surface area contributed by atoms with Gasteiger partial charge in [-0.3, -0.25) is 0 Å². The standard InChI is InChI=1S/C6H5OS/c7-8-5-3-1-2-4-6-8/h1-3,5-6H. The monoisotopic (exact) mass is 125 g/mol. The molecule has 1 aliphatic rings. The van der Waals surface area contributed by atoms with Gasteiger partial charge in [0.25, 0.3) is 0 Å². The van der Waals surface area contributed by atoms with Crippen molar-refractivity contribution in [3.8, 4) is 0 Å². The van der Waals surface area contributed by atoms with Gasteiger partial charge in [0.2, 0.25) is 0 Å². The number of hydrogen-bond donors (Lipinski definition) is 0. The van der Waals surface area contributed by atoms with Crippen molar-refractivity contribution in [2.75, 3.05) is 0 Å². The zero-order chi connectivity index (χ0) is 5.82. The molecule has 8 heavy (non-hydrogen) atoms. The Morgan fingerprint density at radius 2 is 2.25 bits per heavy atom. The van der Waals surface area contributed by atoms with Gasteiger partial charge >= 0.3 is 0 Å². The Bertz CT molecular complexity index is 131. The zero-order valence-electron chi connectivity index (χ0n) is 4.20. The van der Waals surface area contributed by atoms with Crippen LogP contribution in [0.4, 0.5) is 0 Å². The molecule has 41 valence electrons. The first-order valence-electron chi connectivity index (χ1n) is 2.22. The third-order valence-corrected chi connectivity index (χ3v) is 1.49. The maximum Gasteiger partial charge on any atom is 0.130 e. The summed E-state index contributed by atoms with van der Waals surface area (Å²) in [6.45, 7) is 0. The highest BCUT2D eigenvalue weighted by molar-refractivity contribution is 7.97. The Labute approximate surface area is 51.6 Å². The van der Waals surface area contributed by atoms with Crippen LogP contribution in [-0.2, 0) is 11.2 Å². The van der Waals surface area contributed by atoms with E-state index in [1.807, 2.05) is 0 Å². The Morgan fingerprint density at radius 3 is 3.12 bits per heavy atom. The highest BCUT2D eigenvalue weighted by Crippen LogP contribution is 1.98. The average molecular weight is 125 g/mol. The quantitative estimate of drug-likeness (QED) is 0.445. The normalized spacial score (nSPS) is 19.1. The van der Waals surface area contributed by atoms with Gasteiger partial charge in [0.05, 0.1) is 0 Å². The maximum absolute atomic E-state index is 10.5. The Morgan fingerprint density at radius 1 is 1.38 bits per heavy atom. The second-order valence-electron chi connectivity index (χ2n) is 1.30. The van der Waals surface area contributed by atoms with Gasteiger partial charge in [-0.15, -0.1) is 0 Å². The Balaban J connectivity index is 2.66. The van der Waals surface area contributed by atoms with Crippen LogP contribution >= 0.6 is 0 Å². The molecule has 0 aromatic carbocycles. The van der Waals surface area contributed by atoms with Crippen LogP contribution in [0.5, 0.6) is 0 Å². The van der Waals surface area contributed by atoms with E-state index in [1.165, 1.54) is 5.41 Å². The Hall–Kier alpha value is -0.470. The molecule has 0 saturated heterocycles. The lowest BCUT2D eigenvalue weighted by Gasteiger charge is -1.92. The summed E-state index contributed by atoms with van der Waals surface area (Å²) < 4.78 is 10.5. The van der Waals surface area contributed by atoms with Crippen molar-refractivity contribution in [1.82, 2.24) is 0 Å². The molecule has 0 N–H and O–H groups in total. The van der Waals surface area contributed by atoms with E-state index in [2.05, 4.69) is 6.08 Å². The van der Waals surface area contributed by atoms with Crippen molar-refractivity contribution in [2.24, 2.45) is 0 Å². The van der Waals surface area contributed by atoms with Gasteiger partial charge in [0, 0.05) is 17.3 Å². The summed E-state index contributed by atoms with van der Waals surface area (Å²) in [5.41, 5.74) is 0. The van der Waals surface area contributed by atoms with Gasteiger partial charge in [-0.2, -0.15) is 0 Å². The number of hydrogen-bond acceptors (Lipinski definition) is 1. The van der Waals surface area contributed by atoms with Crippen molar-refractivity contribution in [3.63, 3.8) is 0 Å².